The maximum Gasteiger partial charge on any atom is 0.135 e. The average molecular weight is 312 g/mol. The molecule has 0 aromatic rings. The Morgan fingerprint density at radius 2 is 2.18 bits per heavy atom. The van der Waals surface area contributed by atoms with Crippen molar-refractivity contribution in [1.82, 2.24) is 0 Å². The summed E-state index contributed by atoms with van der Waals surface area (Å²) in [7, 11) is 1.55. The van der Waals surface area contributed by atoms with Gasteiger partial charge in [-0.25, -0.2) is 0 Å². The van der Waals surface area contributed by atoms with Gasteiger partial charge in [0.05, 0.1) is 24.4 Å². The SMILES string of the molecule is C=C1CC(CCC(=O)C[C@H]2OC(C)[C@@H](OC)C2O)OC1CC. The summed E-state index contributed by atoms with van der Waals surface area (Å²) in [5.41, 5.74) is 1.13. The first-order valence-electron chi connectivity index (χ1n) is 8.17. The van der Waals surface area contributed by atoms with Crippen molar-refractivity contribution in [3.05, 3.63) is 12.2 Å². The fraction of sp³-hybridized carbons (Fsp3) is 0.824. The first-order chi connectivity index (χ1) is 10.5. The second-order valence-electron chi connectivity index (χ2n) is 6.37. The summed E-state index contributed by atoms with van der Waals surface area (Å²) in [5.74, 6) is 0.0992. The van der Waals surface area contributed by atoms with Gasteiger partial charge in [-0.05, 0) is 31.8 Å². The van der Waals surface area contributed by atoms with Crippen molar-refractivity contribution in [1.29, 1.82) is 0 Å². The number of methoxy groups -OCH3 is 1. The molecule has 2 rings (SSSR count). The van der Waals surface area contributed by atoms with E-state index in [2.05, 4.69) is 13.5 Å². The van der Waals surface area contributed by atoms with Crippen molar-refractivity contribution < 1.29 is 24.1 Å². The van der Waals surface area contributed by atoms with E-state index < -0.39 is 12.2 Å². The summed E-state index contributed by atoms with van der Waals surface area (Å²) in [4.78, 5) is 12.1. The lowest BCUT2D eigenvalue weighted by Crippen LogP contribution is -2.34. The number of ketones is 1. The van der Waals surface area contributed by atoms with Crippen LogP contribution in [0.2, 0.25) is 0 Å². The number of Topliss-reactive ketones (excluding diaryl/α,β-unsaturated/α-hetero) is 1. The molecule has 2 fully saturated rings. The molecule has 2 aliphatic heterocycles. The molecule has 4 unspecified atom stereocenters. The van der Waals surface area contributed by atoms with Crippen LogP contribution in [0.5, 0.6) is 0 Å². The monoisotopic (exact) mass is 312 g/mol. The van der Waals surface area contributed by atoms with E-state index in [0.29, 0.717) is 12.8 Å². The van der Waals surface area contributed by atoms with Gasteiger partial charge in [-0.1, -0.05) is 13.5 Å². The van der Waals surface area contributed by atoms with Crippen LogP contribution in [0.15, 0.2) is 12.2 Å². The largest absolute Gasteiger partial charge is 0.388 e. The Bertz CT molecular complexity index is 408. The maximum atomic E-state index is 12.1. The number of aliphatic hydroxyl groups is 1. The molecule has 22 heavy (non-hydrogen) atoms. The molecule has 0 aromatic carbocycles. The normalized spacial score (nSPS) is 38.6. The van der Waals surface area contributed by atoms with E-state index in [0.717, 1.165) is 18.4 Å². The highest BCUT2D eigenvalue weighted by Gasteiger charge is 2.42. The molecule has 0 spiro atoms. The van der Waals surface area contributed by atoms with Gasteiger partial charge in [0.15, 0.2) is 0 Å². The first kappa shape index (κ1) is 17.6. The third-order valence-corrected chi connectivity index (χ3v) is 4.69. The predicted octanol–water partition coefficient (Wildman–Crippen LogP) is 2.01. The van der Waals surface area contributed by atoms with Crippen LogP contribution in [-0.2, 0) is 19.0 Å². The Labute approximate surface area is 132 Å². The summed E-state index contributed by atoms with van der Waals surface area (Å²) < 4.78 is 16.7. The topological polar surface area (TPSA) is 65.0 Å². The standard InChI is InChI=1S/C17H28O5/c1-5-14-10(2)8-13(22-14)7-6-12(18)9-15-16(19)17(20-4)11(3)21-15/h11,13-17,19H,2,5-9H2,1,3-4H3/t11?,13?,14?,15-,16?,17-/m1/s1. The predicted molar refractivity (Wildman–Crippen MR) is 82.7 cm³/mol. The van der Waals surface area contributed by atoms with Crippen LogP contribution in [0.25, 0.3) is 0 Å². The van der Waals surface area contributed by atoms with E-state index in [1.54, 1.807) is 7.11 Å². The van der Waals surface area contributed by atoms with Crippen LogP contribution in [0.4, 0.5) is 0 Å². The number of carbonyl (C=O) groups excluding carboxylic acids is 1. The van der Waals surface area contributed by atoms with Crippen LogP contribution in [-0.4, -0.2) is 54.6 Å². The molecule has 2 aliphatic rings. The minimum atomic E-state index is -0.740. The van der Waals surface area contributed by atoms with Gasteiger partial charge >= 0.3 is 0 Å². The summed E-state index contributed by atoms with van der Waals surface area (Å²) in [6.45, 7) is 7.96. The quantitative estimate of drug-likeness (QED) is 0.729. The maximum absolute atomic E-state index is 12.1. The zero-order chi connectivity index (χ0) is 16.3. The van der Waals surface area contributed by atoms with E-state index in [-0.39, 0.29) is 36.6 Å². The molecule has 5 heteroatoms. The highest BCUT2D eigenvalue weighted by Crippen LogP contribution is 2.30. The van der Waals surface area contributed by atoms with Gasteiger partial charge < -0.3 is 19.3 Å². The third kappa shape index (κ3) is 3.96. The van der Waals surface area contributed by atoms with E-state index in [1.807, 2.05) is 6.92 Å². The lowest BCUT2D eigenvalue weighted by atomic mass is 9.99. The smallest absolute Gasteiger partial charge is 0.135 e. The minimum Gasteiger partial charge on any atom is -0.388 e. The molecular weight excluding hydrogens is 284 g/mol. The van der Waals surface area contributed by atoms with E-state index in [4.69, 9.17) is 14.2 Å². The molecule has 2 heterocycles. The number of carbonyl (C=O) groups is 1. The fourth-order valence-electron chi connectivity index (χ4n) is 3.43. The first-order valence-corrected chi connectivity index (χ1v) is 8.17. The molecule has 0 saturated carbocycles. The second kappa shape index (κ2) is 7.68. The molecule has 0 radical (unpaired) electrons. The Morgan fingerprint density at radius 1 is 1.45 bits per heavy atom. The molecule has 0 aromatic heterocycles. The van der Waals surface area contributed by atoms with Crippen LogP contribution < -0.4 is 0 Å². The fourth-order valence-corrected chi connectivity index (χ4v) is 3.43. The van der Waals surface area contributed by atoms with E-state index in [9.17, 15) is 9.90 Å². The van der Waals surface area contributed by atoms with Gasteiger partial charge in [0.25, 0.3) is 0 Å². The number of rotatable bonds is 7. The van der Waals surface area contributed by atoms with Crippen molar-refractivity contribution in [3.63, 3.8) is 0 Å². The molecule has 0 aliphatic carbocycles. The van der Waals surface area contributed by atoms with Crippen molar-refractivity contribution in [2.24, 2.45) is 0 Å². The molecule has 5 nitrogen and oxygen atoms in total. The highest BCUT2D eigenvalue weighted by molar-refractivity contribution is 5.79. The summed E-state index contributed by atoms with van der Waals surface area (Å²) in [6, 6.07) is 0. The Balaban J connectivity index is 1.74. The Hall–Kier alpha value is -0.750. The summed E-state index contributed by atoms with van der Waals surface area (Å²) >= 11 is 0. The zero-order valence-electron chi connectivity index (χ0n) is 13.8. The number of hydrogen-bond acceptors (Lipinski definition) is 5. The third-order valence-electron chi connectivity index (χ3n) is 4.69. The summed E-state index contributed by atoms with van der Waals surface area (Å²) in [5, 5.41) is 10.1. The van der Waals surface area contributed by atoms with Gasteiger partial charge in [0.2, 0.25) is 0 Å². The molecule has 0 bridgehead atoms. The molecule has 1 N–H and O–H groups in total. The average Bonchev–Trinajstić information content (AvgIpc) is 2.97. The van der Waals surface area contributed by atoms with Crippen LogP contribution in [0.3, 0.4) is 0 Å². The second-order valence-corrected chi connectivity index (χ2v) is 6.37. The number of aliphatic hydroxyl groups excluding tert-OH is 1. The van der Waals surface area contributed by atoms with E-state index >= 15 is 0 Å². The van der Waals surface area contributed by atoms with Gasteiger partial charge in [0.1, 0.15) is 18.0 Å². The Kier molecular flexibility index (Phi) is 6.15. The van der Waals surface area contributed by atoms with Crippen LogP contribution in [0.1, 0.15) is 46.0 Å². The summed E-state index contributed by atoms with van der Waals surface area (Å²) in [6.07, 6.45) is 1.66. The molecular formula is C17H28O5. The van der Waals surface area contributed by atoms with Crippen molar-refractivity contribution in [2.75, 3.05) is 7.11 Å². The van der Waals surface area contributed by atoms with E-state index in [1.165, 1.54) is 0 Å². The molecule has 0 amide bonds. The van der Waals surface area contributed by atoms with Gasteiger partial charge in [-0.2, -0.15) is 0 Å². The Morgan fingerprint density at radius 3 is 2.73 bits per heavy atom. The molecule has 2 saturated heterocycles. The number of hydrogen-bond donors (Lipinski definition) is 1. The zero-order valence-corrected chi connectivity index (χ0v) is 13.8. The van der Waals surface area contributed by atoms with Gasteiger partial charge in [-0.3, -0.25) is 4.79 Å². The molecule has 126 valence electrons. The van der Waals surface area contributed by atoms with Gasteiger partial charge in [-0.15, -0.1) is 0 Å². The van der Waals surface area contributed by atoms with Crippen LogP contribution in [0, 0.1) is 0 Å². The van der Waals surface area contributed by atoms with Crippen molar-refractivity contribution in [2.45, 2.75) is 82.6 Å². The highest BCUT2D eigenvalue weighted by atomic mass is 16.6. The molecule has 6 atom stereocenters. The van der Waals surface area contributed by atoms with Gasteiger partial charge in [0, 0.05) is 20.0 Å². The van der Waals surface area contributed by atoms with Crippen molar-refractivity contribution >= 4 is 5.78 Å². The van der Waals surface area contributed by atoms with Crippen LogP contribution >= 0.6 is 0 Å². The lowest BCUT2D eigenvalue weighted by Gasteiger charge is -2.16. The lowest BCUT2D eigenvalue weighted by molar-refractivity contribution is -0.123. The van der Waals surface area contributed by atoms with Crippen molar-refractivity contribution in [3.8, 4) is 0 Å². The minimum absolute atomic E-state index is 0.0986. The number of ether oxygens (including phenoxy) is 3.